The van der Waals surface area contributed by atoms with E-state index >= 15 is 0 Å². The Morgan fingerprint density at radius 2 is 1.81 bits per heavy atom. The van der Waals surface area contributed by atoms with E-state index in [4.69, 9.17) is 10.00 Å². The largest absolute Gasteiger partial charge is 0.444 e. The molecule has 1 rings (SSSR count). The molecule has 0 aromatic rings. The van der Waals surface area contributed by atoms with E-state index in [1.165, 1.54) is 0 Å². The van der Waals surface area contributed by atoms with Crippen molar-refractivity contribution in [3.05, 3.63) is 0 Å². The van der Waals surface area contributed by atoms with Crippen LogP contribution in [0.15, 0.2) is 0 Å². The van der Waals surface area contributed by atoms with Crippen molar-refractivity contribution in [2.24, 2.45) is 11.3 Å². The monoisotopic (exact) mass is 297 g/mol. The zero-order valence-corrected chi connectivity index (χ0v) is 13.7. The van der Waals surface area contributed by atoms with E-state index in [0.29, 0.717) is 13.1 Å². The molecule has 0 unspecified atom stereocenters. The van der Waals surface area contributed by atoms with Crippen LogP contribution in [0.4, 0.5) is 4.79 Å². The van der Waals surface area contributed by atoms with Gasteiger partial charge in [0.1, 0.15) is 11.6 Å². The van der Waals surface area contributed by atoms with E-state index in [9.17, 15) is 9.59 Å². The summed E-state index contributed by atoms with van der Waals surface area (Å²) in [6, 6.07) is 1.46. The van der Waals surface area contributed by atoms with Crippen molar-refractivity contribution < 1.29 is 15.8 Å². The van der Waals surface area contributed by atoms with Gasteiger partial charge < -0.3 is 15.0 Å². The number of amides is 2. The molecule has 1 atom stereocenters. The minimum atomic E-state index is -0.674. The van der Waals surface area contributed by atoms with Crippen LogP contribution in [0.3, 0.4) is 0 Å². The lowest BCUT2D eigenvalue weighted by Gasteiger charge is -2.41. The molecular formula is C15H27N3O3. The van der Waals surface area contributed by atoms with Crippen LogP contribution < -0.4 is 5.32 Å². The number of nitrogens with zero attached hydrogens (tertiary/aromatic N) is 2. The Labute approximate surface area is 127 Å². The van der Waals surface area contributed by atoms with Gasteiger partial charge in [-0.2, -0.15) is 5.26 Å². The molecule has 1 heterocycles. The standard InChI is InChI=1S/C15H25N3O3.H2/c1-14(2,3)11(17-13(20)21-15(4,5)6)12(19)18-8-10(7-16)9-18;/h10-11H,8-9H2,1-6H3,(H,17,20);1H/t11-;/m0./s1. The number of nitriles is 1. The number of hydrogen-bond acceptors (Lipinski definition) is 4. The van der Waals surface area contributed by atoms with E-state index in [1.807, 2.05) is 20.8 Å². The predicted molar refractivity (Wildman–Crippen MR) is 80.4 cm³/mol. The third-order valence-electron chi connectivity index (χ3n) is 3.15. The van der Waals surface area contributed by atoms with Gasteiger partial charge in [0.25, 0.3) is 0 Å². The van der Waals surface area contributed by atoms with Crippen molar-refractivity contribution in [2.75, 3.05) is 13.1 Å². The Hall–Kier alpha value is -1.77. The van der Waals surface area contributed by atoms with Crippen LogP contribution in [0.5, 0.6) is 0 Å². The summed E-state index contributed by atoms with van der Waals surface area (Å²) in [6.45, 7) is 11.8. The van der Waals surface area contributed by atoms with Crippen LogP contribution >= 0.6 is 0 Å². The predicted octanol–water partition coefficient (Wildman–Crippen LogP) is 2.15. The van der Waals surface area contributed by atoms with Crippen LogP contribution in [0.1, 0.15) is 43.0 Å². The number of alkyl carbamates (subject to hydrolysis) is 1. The lowest BCUT2D eigenvalue weighted by molar-refractivity contribution is -0.141. The van der Waals surface area contributed by atoms with Crippen LogP contribution in [0, 0.1) is 22.7 Å². The molecular weight excluding hydrogens is 270 g/mol. The van der Waals surface area contributed by atoms with E-state index in [2.05, 4.69) is 11.4 Å². The van der Waals surface area contributed by atoms with Gasteiger partial charge in [-0.05, 0) is 26.2 Å². The molecule has 1 aliphatic heterocycles. The molecule has 0 spiro atoms. The Kier molecular flexibility index (Phi) is 4.87. The fourth-order valence-corrected chi connectivity index (χ4v) is 2.00. The zero-order valence-electron chi connectivity index (χ0n) is 13.7. The maximum absolute atomic E-state index is 12.5. The first kappa shape index (κ1) is 17.3. The van der Waals surface area contributed by atoms with E-state index in [0.717, 1.165) is 0 Å². The lowest BCUT2D eigenvalue weighted by Crippen LogP contribution is -2.60. The summed E-state index contributed by atoms with van der Waals surface area (Å²) in [5.41, 5.74) is -1.05. The minimum Gasteiger partial charge on any atom is -0.444 e. The van der Waals surface area contributed by atoms with Crippen LogP contribution in [-0.2, 0) is 9.53 Å². The molecule has 0 radical (unpaired) electrons. The van der Waals surface area contributed by atoms with Crippen molar-refractivity contribution in [3.63, 3.8) is 0 Å². The van der Waals surface area contributed by atoms with Crippen molar-refractivity contribution >= 4 is 12.0 Å². The van der Waals surface area contributed by atoms with Crippen LogP contribution in [0.25, 0.3) is 0 Å². The molecule has 0 saturated carbocycles. The molecule has 6 heteroatoms. The second-order valence-corrected chi connectivity index (χ2v) is 7.51. The molecule has 0 aromatic carbocycles. The third kappa shape index (κ3) is 4.92. The van der Waals surface area contributed by atoms with Crippen molar-refractivity contribution in [2.45, 2.75) is 53.2 Å². The third-order valence-corrected chi connectivity index (χ3v) is 3.15. The summed E-state index contributed by atoms with van der Waals surface area (Å²) in [5.74, 6) is -0.268. The van der Waals surface area contributed by atoms with Crippen molar-refractivity contribution in [1.82, 2.24) is 10.2 Å². The number of rotatable bonds is 2. The molecule has 2 amide bonds. The Balaban J connectivity index is 0.00000441. The number of likely N-dealkylation sites (tertiary alicyclic amines) is 1. The van der Waals surface area contributed by atoms with Crippen molar-refractivity contribution in [3.8, 4) is 6.07 Å². The highest BCUT2D eigenvalue weighted by atomic mass is 16.6. The fourth-order valence-electron chi connectivity index (χ4n) is 2.00. The summed E-state index contributed by atoms with van der Waals surface area (Å²) in [5, 5.41) is 11.4. The van der Waals surface area contributed by atoms with Gasteiger partial charge in [-0.3, -0.25) is 4.79 Å². The van der Waals surface area contributed by atoms with E-state index in [1.54, 1.807) is 25.7 Å². The fraction of sp³-hybridized carbons (Fsp3) is 0.800. The van der Waals surface area contributed by atoms with E-state index in [-0.39, 0.29) is 13.3 Å². The lowest BCUT2D eigenvalue weighted by atomic mass is 9.84. The normalized spacial score (nSPS) is 17.5. The number of carbonyl (C=O) groups excluding carboxylic acids is 2. The molecule has 0 aromatic heterocycles. The highest BCUT2D eigenvalue weighted by Gasteiger charge is 2.40. The molecule has 1 N–H and O–H groups in total. The van der Waals surface area contributed by atoms with Gasteiger partial charge in [-0.15, -0.1) is 0 Å². The first-order valence-corrected chi connectivity index (χ1v) is 7.12. The molecule has 1 fully saturated rings. The van der Waals surface area contributed by atoms with Crippen LogP contribution in [-0.4, -0.2) is 41.6 Å². The number of carbonyl (C=O) groups is 2. The first-order chi connectivity index (χ1) is 9.44. The van der Waals surface area contributed by atoms with Gasteiger partial charge in [0.05, 0.1) is 12.0 Å². The highest BCUT2D eigenvalue weighted by Crippen LogP contribution is 2.25. The van der Waals surface area contributed by atoms with Gasteiger partial charge in [-0.25, -0.2) is 4.79 Å². The highest BCUT2D eigenvalue weighted by molar-refractivity contribution is 5.87. The second kappa shape index (κ2) is 5.92. The average molecular weight is 297 g/mol. The molecule has 0 bridgehead atoms. The molecule has 120 valence electrons. The van der Waals surface area contributed by atoms with Gasteiger partial charge in [-0.1, -0.05) is 20.8 Å². The quantitative estimate of drug-likeness (QED) is 0.846. The van der Waals surface area contributed by atoms with Crippen molar-refractivity contribution in [1.29, 1.82) is 5.26 Å². The summed E-state index contributed by atoms with van der Waals surface area (Å²) in [7, 11) is 0. The topological polar surface area (TPSA) is 82.4 Å². The molecule has 21 heavy (non-hydrogen) atoms. The minimum absolute atomic E-state index is 0. The van der Waals surface area contributed by atoms with Crippen LogP contribution in [0.2, 0.25) is 0 Å². The second-order valence-electron chi connectivity index (χ2n) is 7.51. The van der Waals surface area contributed by atoms with Gasteiger partial charge in [0, 0.05) is 14.5 Å². The number of nitrogens with one attached hydrogen (secondary N) is 1. The summed E-state index contributed by atoms with van der Waals surface area (Å²) >= 11 is 0. The smallest absolute Gasteiger partial charge is 0.408 e. The maximum Gasteiger partial charge on any atom is 0.408 e. The summed E-state index contributed by atoms with van der Waals surface area (Å²) in [6.07, 6.45) is -0.604. The Morgan fingerprint density at radius 1 is 1.29 bits per heavy atom. The molecule has 6 nitrogen and oxygen atoms in total. The number of hydrogen-bond donors (Lipinski definition) is 1. The molecule has 1 saturated heterocycles. The summed E-state index contributed by atoms with van der Waals surface area (Å²) < 4.78 is 5.21. The molecule has 0 aliphatic carbocycles. The maximum atomic E-state index is 12.5. The van der Waals surface area contributed by atoms with Gasteiger partial charge in [0.15, 0.2) is 0 Å². The SMILES string of the molecule is CC(C)(C)OC(=O)N[C@@H](C(=O)N1CC(C#N)C1)C(C)(C)C.[HH]. The zero-order chi connectivity index (χ0) is 16.4. The average Bonchev–Trinajstić information content (AvgIpc) is 2.20. The van der Waals surface area contributed by atoms with Gasteiger partial charge >= 0.3 is 6.09 Å². The van der Waals surface area contributed by atoms with Gasteiger partial charge in [0.2, 0.25) is 5.91 Å². The number of ether oxygens (including phenoxy) is 1. The first-order valence-electron chi connectivity index (χ1n) is 7.12. The Bertz CT molecular complexity index is 454. The Morgan fingerprint density at radius 3 is 2.19 bits per heavy atom. The summed E-state index contributed by atoms with van der Waals surface area (Å²) in [4.78, 5) is 26.0. The van der Waals surface area contributed by atoms with E-state index < -0.39 is 23.2 Å². The molecule has 1 aliphatic rings.